The summed E-state index contributed by atoms with van der Waals surface area (Å²) >= 11 is 5.64. The number of piperazine rings is 1. The Balaban J connectivity index is 2.06. The van der Waals surface area contributed by atoms with E-state index in [1.54, 1.807) is 0 Å². The third-order valence-corrected chi connectivity index (χ3v) is 4.28. The van der Waals surface area contributed by atoms with Gasteiger partial charge in [0.2, 0.25) is 0 Å². The van der Waals surface area contributed by atoms with Crippen molar-refractivity contribution in [3.8, 4) is 0 Å². The van der Waals surface area contributed by atoms with E-state index in [0.29, 0.717) is 26.2 Å². The smallest absolute Gasteiger partial charge is 0.322 e. The molecule has 0 saturated carbocycles. The fourth-order valence-corrected chi connectivity index (χ4v) is 2.81. The van der Waals surface area contributed by atoms with Crippen molar-refractivity contribution in [2.45, 2.75) is 32.5 Å². The van der Waals surface area contributed by atoms with Crippen molar-refractivity contribution < 1.29 is 18.0 Å². The number of nitrogens with one attached hydrogen (secondary N) is 1. The molecule has 1 aliphatic rings. The topological polar surface area (TPSA) is 35.6 Å². The molecule has 1 aliphatic heterocycles. The van der Waals surface area contributed by atoms with Gasteiger partial charge < -0.3 is 10.2 Å². The minimum atomic E-state index is -4.58. The van der Waals surface area contributed by atoms with Crippen LogP contribution in [0.1, 0.15) is 26.3 Å². The van der Waals surface area contributed by atoms with Gasteiger partial charge in [0.25, 0.3) is 0 Å². The van der Waals surface area contributed by atoms with E-state index < -0.39 is 17.8 Å². The van der Waals surface area contributed by atoms with Gasteiger partial charge in [0.1, 0.15) is 0 Å². The van der Waals surface area contributed by atoms with Crippen LogP contribution in [0.15, 0.2) is 18.2 Å². The largest absolute Gasteiger partial charge is 0.418 e. The molecule has 1 aromatic rings. The second-order valence-electron chi connectivity index (χ2n) is 6.76. The zero-order valence-corrected chi connectivity index (χ0v) is 14.6. The van der Waals surface area contributed by atoms with Gasteiger partial charge in [0, 0.05) is 36.7 Å². The fraction of sp³-hybridized carbons (Fsp3) is 0.562. The van der Waals surface area contributed by atoms with Crippen molar-refractivity contribution in [3.63, 3.8) is 0 Å². The molecule has 0 aromatic heterocycles. The molecule has 134 valence electrons. The van der Waals surface area contributed by atoms with Crippen molar-refractivity contribution in [2.24, 2.45) is 0 Å². The average Bonchev–Trinajstić information content (AvgIpc) is 2.47. The van der Waals surface area contributed by atoms with Crippen LogP contribution >= 0.6 is 11.6 Å². The minimum Gasteiger partial charge on any atom is -0.322 e. The molecule has 0 radical (unpaired) electrons. The summed E-state index contributed by atoms with van der Waals surface area (Å²) in [6.07, 6.45) is -4.58. The lowest BCUT2D eigenvalue weighted by molar-refractivity contribution is -0.136. The summed E-state index contributed by atoms with van der Waals surface area (Å²) < 4.78 is 39.2. The standard InChI is InChI=1S/C16H21ClF3N3O/c1-15(2,3)23-8-6-22(7-9-23)14(24)21-13-5-4-11(17)10-12(13)16(18,19)20/h4-5,10H,6-9H2,1-3H3,(H,21,24). The quantitative estimate of drug-likeness (QED) is 0.807. The molecular weight excluding hydrogens is 343 g/mol. The maximum atomic E-state index is 13.1. The maximum absolute atomic E-state index is 13.1. The Morgan fingerprint density at radius 2 is 1.71 bits per heavy atom. The van der Waals surface area contributed by atoms with Crippen molar-refractivity contribution in [3.05, 3.63) is 28.8 Å². The molecule has 1 fully saturated rings. The van der Waals surface area contributed by atoms with Crippen molar-refractivity contribution >= 4 is 23.3 Å². The normalized spacial score (nSPS) is 17.0. The number of carbonyl (C=O) groups is 1. The summed E-state index contributed by atoms with van der Waals surface area (Å²) in [7, 11) is 0. The number of anilines is 1. The SMILES string of the molecule is CC(C)(C)N1CCN(C(=O)Nc2ccc(Cl)cc2C(F)(F)F)CC1. The summed E-state index contributed by atoms with van der Waals surface area (Å²) in [6, 6.07) is 2.78. The molecule has 0 unspecified atom stereocenters. The second-order valence-corrected chi connectivity index (χ2v) is 7.20. The fourth-order valence-electron chi connectivity index (χ4n) is 2.63. The lowest BCUT2D eigenvalue weighted by Gasteiger charge is -2.42. The predicted molar refractivity (Wildman–Crippen MR) is 88.4 cm³/mol. The van der Waals surface area contributed by atoms with E-state index in [2.05, 4.69) is 31.0 Å². The number of amides is 2. The average molecular weight is 364 g/mol. The van der Waals surface area contributed by atoms with Crippen LogP contribution in [0, 0.1) is 0 Å². The van der Waals surface area contributed by atoms with Crippen LogP contribution in [0.25, 0.3) is 0 Å². The first-order valence-electron chi connectivity index (χ1n) is 7.66. The van der Waals surface area contributed by atoms with Crippen LogP contribution in [0.3, 0.4) is 0 Å². The molecule has 1 aromatic carbocycles. The number of carbonyl (C=O) groups excluding carboxylic acids is 1. The maximum Gasteiger partial charge on any atom is 0.418 e. The van der Waals surface area contributed by atoms with E-state index in [1.165, 1.54) is 17.0 Å². The molecular formula is C16H21ClF3N3O. The Bertz CT molecular complexity index is 606. The minimum absolute atomic E-state index is 0.00218. The highest BCUT2D eigenvalue weighted by Crippen LogP contribution is 2.36. The third-order valence-electron chi connectivity index (χ3n) is 4.04. The molecule has 2 rings (SSSR count). The number of nitrogens with zero attached hydrogens (tertiary/aromatic N) is 2. The summed E-state index contributed by atoms with van der Waals surface area (Å²) in [5.74, 6) is 0. The Morgan fingerprint density at radius 1 is 1.12 bits per heavy atom. The molecule has 0 spiro atoms. The lowest BCUT2D eigenvalue weighted by Crippen LogP contribution is -2.55. The zero-order chi connectivity index (χ0) is 18.1. The highest BCUT2D eigenvalue weighted by molar-refractivity contribution is 6.30. The Hall–Kier alpha value is -1.47. The molecule has 0 atom stereocenters. The van der Waals surface area contributed by atoms with Gasteiger partial charge in [-0.3, -0.25) is 4.90 Å². The summed E-state index contributed by atoms with van der Waals surface area (Å²) in [6.45, 7) is 8.58. The van der Waals surface area contributed by atoms with Gasteiger partial charge >= 0.3 is 12.2 Å². The molecule has 8 heteroatoms. The van der Waals surface area contributed by atoms with Crippen molar-refractivity contribution in [2.75, 3.05) is 31.5 Å². The van der Waals surface area contributed by atoms with Crippen molar-refractivity contribution in [1.82, 2.24) is 9.80 Å². The van der Waals surface area contributed by atoms with Crippen LogP contribution < -0.4 is 5.32 Å². The van der Waals surface area contributed by atoms with E-state index in [0.717, 1.165) is 6.07 Å². The van der Waals surface area contributed by atoms with Gasteiger partial charge in [-0.2, -0.15) is 13.2 Å². The van der Waals surface area contributed by atoms with Crippen LogP contribution in [-0.4, -0.2) is 47.5 Å². The summed E-state index contributed by atoms with van der Waals surface area (Å²) in [5, 5.41) is 2.33. The van der Waals surface area contributed by atoms with Gasteiger partial charge in [-0.25, -0.2) is 4.79 Å². The number of benzene rings is 1. The Labute approximate surface area is 144 Å². The first-order chi connectivity index (χ1) is 11.0. The highest BCUT2D eigenvalue weighted by Gasteiger charge is 2.35. The number of alkyl halides is 3. The molecule has 2 amide bonds. The lowest BCUT2D eigenvalue weighted by atomic mass is 10.1. The van der Waals surface area contributed by atoms with Crippen molar-refractivity contribution in [1.29, 1.82) is 0 Å². The molecule has 1 heterocycles. The monoisotopic (exact) mass is 363 g/mol. The number of rotatable bonds is 1. The predicted octanol–water partition coefficient (Wildman–Crippen LogP) is 4.31. The number of urea groups is 1. The van der Waals surface area contributed by atoms with E-state index in [9.17, 15) is 18.0 Å². The van der Waals surface area contributed by atoms with E-state index in [4.69, 9.17) is 11.6 Å². The Kier molecular flexibility index (Phi) is 5.34. The molecule has 24 heavy (non-hydrogen) atoms. The van der Waals surface area contributed by atoms with Gasteiger partial charge in [-0.1, -0.05) is 11.6 Å². The first-order valence-corrected chi connectivity index (χ1v) is 8.04. The van der Waals surface area contributed by atoms with Gasteiger partial charge in [0.05, 0.1) is 11.3 Å². The third kappa shape index (κ3) is 4.54. The second kappa shape index (κ2) is 6.80. The first kappa shape index (κ1) is 18.9. The molecule has 1 saturated heterocycles. The van der Waals surface area contributed by atoms with Crippen LogP contribution in [0.4, 0.5) is 23.7 Å². The highest BCUT2D eigenvalue weighted by atomic mass is 35.5. The number of hydrogen-bond acceptors (Lipinski definition) is 2. The van der Waals surface area contributed by atoms with Crippen LogP contribution in [-0.2, 0) is 6.18 Å². The van der Waals surface area contributed by atoms with Gasteiger partial charge in [-0.15, -0.1) is 0 Å². The van der Waals surface area contributed by atoms with Crippen LogP contribution in [0.2, 0.25) is 5.02 Å². The molecule has 4 nitrogen and oxygen atoms in total. The molecule has 0 bridgehead atoms. The van der Waals surface area contributed by atoms with E-state index in [1.807, 2.05) is 0 Å². The number of hydrogen-bond donors (Lipinski definition) is 1. The van der Waals surface area contributed by atoms with E-state index in [-0.39, 0.29) is 16.2 Å². The van der Waals surface area contributed by atoms with Crippen LogP contribution in [0.5, 0.6) is 0 Å². The molecule has 0 aliphatic carbocycles. The summed E-state index contributed by atoms with van der Waals surface area (Å²) in [5.41, 5.74) is -1.23. The Morgan fingerprint density at radius 3 is 2.21 bits per heavy atom. The number of halogens is 4. The summed E-state index contributed by atoms with van der Waals surface area (Å²) in [4.78, 5) is 16.0. The van der Waals surface area contributed by atoms with Gasteiger partial charge in [0.15, 0.2) is 0 Å². The van der Waals surface area contributed by atoms with E-state index >= 15 is 0 Å². The van der Waals surface area contributed by atoms with Gasteiger partial charge in [-0.05, 0) is 39.0 Å². The zero-order valence-electron chi connectivity index (χ0n) is 13.9. The molecule has 1 N–H and O–H groups in total.